The number of nitrogens with zero attached hydrogens (tertiary/aromatic N) is 2. The van der Waals surface area contributed by atoms with E-state index >= 15 is 0 Å². The third kappa shape index (κ3) is 6.26. The fraction of sp³-hybridized carbons (Fsp3) is 0.130. The second kappa shape index (κ2) is 10.9. The number of hydrazone groups is 1. The van der Waals surface area contributed by atoms with Crippen LogP contribution in [0.3, 0.4) is 0 Å². The topological polar surface area (TPSA) is 78.8 Å². The van der Waals surface area contributed by atoms with E-state index in [2.05, 4.69) is 26.5 Å². The molecule has 0 aliphatic heterocycles. The minimum Gasteiger partial charge on any atom is -0.272 e. The van der Waals surface area contributed by atoms with Crippen LogP contribution in [0.4, 0.5) is 0 Å². The fourth-order valence-electron chi connectivity index (χ4n) is 2.85. The third-order valence-corrected chi connectivity index (χ3v) is 7.48. The number of hydrogen-bond donors (Lipinski definition) is 1. The third-order valence-electron chi connectivity index (χ3n) is 4.58. The summed E-state index contributed by atoms with van der Waals surface area (Å²) in [6.45, 7) is 1.39. The summed E-state index contributed by atoms with van der Waals surface area (Å²) in [7, 11) is -3.96. The van der Waals surface area contributed by atoms with Gasteiger partial charge in [0.05, 0.1) is 17.7 Å². The zero-order chi connectivity index (χ0) is 23.1. The monoisotopic (exact) mass is 533 g/mol. The molecule has 0 spiro atoms. The predicted molar refractivity (Wildman–Crippen MR) is 130 cm³/mol. The molecule has 0 atom stereocenters. The first kappa shape index (κ1) is 24.1. The Morgan fingerprint density at radius 1 is 1.06 bits per heavy atom. The second-order valence-corrected chi connectivity index (χ2v) is 10.2. The van der Waals surface area contributed by atoms with Gasteiger partial charge in [-0.2, -0.15) is 9.41 Å². The zero-order valence-corrected chi connectivity index (χ0v) is 20.4. The van der Waals surface area contributed by atoms with Crippen molar-refractivity contribution < 1.29 is 13.2 Å². The molecule has 9 heteroatoms. The maximum Gasteiger partial charge on any atom is 0.255 e. The lowest BCUT2D eigenvalue weighted by molar-refractivity contribution is -0.121. The molecule has 0 fully saturated rings. The molecule has 166 valence electrons. The summed E-state index contributed by atoms with van der Waals surface area (Å²) in [4.78, 5) is 12.7. The molecule has 6 nitrogen and oxygen atoms in total. The van der Waals surface area contributed by atoms with Crippen LogP contribution in [0.5, 0.6) is 0 Å². The lowest BCUT2D eigenvalue weighted by Crippen LogP contribution is -2.39. The van der Waals surface area contributed by atoms with E-state index in [0.29, 0.717) is 10.6 Å². The number of carbonyl (C=O) groups is 1. The molecule has 0 aliphatic rings. The van der Waals surface area contributed by atoms with Crippen LogP contribution in [0.2, 0.25) is 5.02 Å². The summed E-state index contributed by atoms with van der Waals surface area (Å²) in [5, 5.41) is 4.36. The molecule has 3 aromatic carbocycles. The van der Waals surface area contributed by atoms with E-state index in [4.69, 9.17) is 11.6 Å². The van der Waals surface area contributed by atoms with Gasteiger partial charge in [-0.1, -0.05) is 81.6 Å². The Morgan fingerprint density at radius 3 is 2.41 bits per heavy atom. The van der Waals surface area contributed by atoms with Crippen LogP contribution in [0.15, 0.2) is 87.3 Å². The van der Waals surface area contributed by atoms with Crippen molar-refractivity contribution in [3.63, 3.8) is 0 Å². The highest BCUT2D eigenvalue weighted by Gasteiger charge is 2.27. The first-order chi connectivity index (χ1) is 15.3. The molecule has 1 amide bonds. The smallest absolute Gasteiger partial charge is 0.255 e. The first-order valence-corrected chi connectivity index (χ1v) is 12.2. The van der Waals surface area contributed by atoms with Crippen LogP contribution in [0, 0.1) is 6.92 Å². The number of hydrogen-bond acceptors (Lipinski definition) is 4. The second-order valence-electron chi connectivity index (χ2n) is 6.99. The molecule has 0 unspecified atom stereocenters. The van der Waals surface area contributed by atoms with Crippen molar-refractivity contribution in [2.75, 3.05) is 6.54 Å². The summed E-state index contributed by atoms with van der Waals surface area (Å²) in [6.07, 6.45) is 1.48. The lowest BCUT2D eigenvalue weighted by Gasteiger charge is -2.22. The Hall–Kier alpha value is -2.52. The highest BCUT2D eigenvalue weighted by atomic mass is 79.9. The molecule has 0 radical (unpaired) electrons. The van der Waals surface area contributed by atoms with Crippen LogP contribution >= 0.6 is 27.5 Å². The largest absolute Gasteiger partial charge is 0.272 e. The average molecular weight is 535 g/mol. The Labute approximate surface area is 201 Å². The number of sulfonamides is 1. The van der Waals surface area contributed by atoms with E-state index in [1.165, 1.54) is 18.3 Å². The van der Waals surface area contributed by atoms with E-state index in [1.807, 2.05) is 31.2 Å². The van der Waals surface area contributed by atoms with E-state index in [9.17, 15) is 13.2 Å². The number of nitrogens with one attached hydrogen (secondary N) is 1. The molecule has 0 saturated carbocycles. The first-order valence-electron chi connectivity index (χ1n) is 9.64. The van der Waals surface area contributed by atoms with Gasteiger partial charge in [0.15, 0.2) is 0 Å². The maximum absolute atomic E-state index is 13.3. The number of halogens is 2. The molecule has 0 saturated heterocycles. The summed E-state index contributed by atoms with van der Waals surface area (Å²) in [6, 6.07) is 20.8. The van der Waals surface area contributed by atoms with Gasteiger partial charge in [0, 0.05) is 21.6 Å². The zero-order valence-electron chi connectivity index (χ0n) is 17.2. The van der Waals surface area contributed by atoms with E-state index in [-0.39, 0.29) is 11.4 Å². The SMILES string of the molecule is Cc1ccc(S(=O)(=O)N(CC(=O)N/N=C\c2ccccc2Br)Cc2ccccc2Cl)cc1. The van der Waals surface area contributed by atoms with Gasteiger partial charge in [-0.25, -0.2) is 13.8 Å². The van der Waals surface area contributed by atoms with Crippen LogP contribution < -0.4 is 5.43 Å². The minimum atomic E-state index is -3.96. The predicted octanol–water partition coefficient (Wildman–Crippen LogP) is 4.75. The van der Waals surface area contributed by atoms with Gasteiger partial charge >= 0.3 is 0 Å². The van der Waals surface area contributed by atoms with Gasteiger partial charge < -0.3 is 0 Å². The van der Waals surface area contributed by atoms with E-state index < -0.39 is 22.5 Å². The van der Waals surface area contributed by atoms with Gasteiger partial charge in [-0.05, 0) is 36.8 Å². The Morgan fingerprint density at radius 2 is 1.72 bits per heavy atom. The number of rotatable bonds is 8. The Balaban J connectivity index is 1.82. The molecular formula is C23H21BrClN3O3S. The van der Waals surface area contributed by atoms with E-state index in [0.717, 1.165) is 19.9 Å². The van der Waals surface area contributed by atoms with Crippen LogP contribution in [0.1, 0.15) is 16.7 Å². The molecular weight excluding hydrogens is 514 g/mol. The summed E-state index contributed by atoms with van der Waals surface area (Å²) in [5.74, 6) is -0.573. The van der Waals surface area contributed by atoms with Crippen molar-refractivity contribution in [2.45, 2.75) is 18.4 Å². The van der Waals surface area contributed by atoms with Crippen molar-refractivity contribution in [1.29, 1.82) is 0 Å². The van der Waals surface area contributed by atoms with Gasteiger partial charge in [-0.3, -0.25) is 4.79 Å². The fourth-order valence-corrected chi connectivity index (χ4v) is 4.81. The molecule has 0 heterocycles. The number of amides is 1. The summed E-state index contributed by atoms with van der Waals surface area (Å²) in [5.41, 5.74) is 4.69. The Bertz CT molecular complexity index is 1230. The van der Waals surface area contributed by atoms with Gasteiger partial charge in [-0.15, -0.1) is 0 Å². The standard InChI is InChI=1S/C23H21BrClN3O3S/c1-17-10-12-20(13-11-17)32(30,31)28(15-19-7-3-5-9-22(19)25)16-23(29)27-26-14-18-6-2-4-8-21(18)24/h2-14H,15-16H2,1H3,(H,27,29)/b26-14-. The van der Waals surface area contributed by atoms with Crippen LogP contribution in [0.25, 0.3) is 0 Å². The molecule has 0 aromatic heterocycles. The van der Waals surface area contributed by atoms with Crippen molar-refractivity contribution in [1.82, 2.24) is 9.73 Å². The van der Waals surface area contributed by atoms with Gasteiger partial charge in [0.2, 0.25) is 10.0 Å². The molecule has 1 N–H and O–H groups in total. The highest BCUT2D eigenvalue weighted by molar-refractivity contribution is 9.10. The van der Waals surface area contributed by atoms with Crippen molar-refractivity contribution >= 4 is 49.7 Å². The van der Waals surface area contributed by atoms with Crippen molar-refractivity contribution in [2.24, 2.45) is 5.10 Å². The van der Waals surface area contributed by atoms with Gasteiger partial charge in [0.1, 0.15) is 0 Å². The molecule has 32 heavy (non-hydrogen) atoms. The number of aryl methyl sites for hydroxylation is 1. The highest BCUT2D eigenvalue weighted by Crippen LogP contribution is 2.22. The van der Waals surface area contributed by atoms with Crippen molar-refractivity contribution in [3.05, 3.63) is 99.0 Å². The summed E-state index contributed by atoms with van der Waals surface area (Å²) >= 11 is 9.64. The van der Waals surface area contributed by atoms with Crippen molar-refractivity contribution in [3.8, 4) is 0 Å². The van der Waals surface area contributed by atoms with Crippen LogP contribution in [-0.4, -0.2) is 31.4 Å². The maximum atomic E-state index is 13.3. The van der Waals surface area contributed by atoms with Gasteiger partial charge in [0.25, 0.3) is 5.91 Å². The molecule has 0 aliphatic carbocycles. The quantitative estimate of drug-likeness (QED) is 0.335. The molecule has 0 bridgehead atoms. The van der Waals surface area contributed by atoms with Crippen LogP contribution in [-0.2, 0) is 21.4 Å². The molecule has 3 rings (SSSR count). The number of benzene rings is 3. The summed E-state index contributed by atoms with van der Waals surface area (Å²) < 4.78 is 28.5. The van der Waals surface area contributed by atoms with E-state index in [1.54, 1.807) is 36.4 Å². The number of carbonyl (C=O) groups excluding carboxylic acids is 1. The minimum absolute atomic E-state index is 0.0583. The normalized spacial score (nSPS) is 11.8. The Kier molecular flexibility index (Phi) is 8.20. The average Bonchev–Trinajstić information content (AvgIpc) is 2.76. The molecule has 3 aromatic rings. The lowest BCUT2D eigenvalue weighted by atomic mass is 10.2.